The normalized spacial score (nSPS) is 11.7. The second kappa shape index (κ2) is 8.51. The molecule has 3 aromatic rings. The van der Waals surface area contributed by atoms with E-state index < -0.39 is 5.92 Å². The van der Waals surface area contributed by atoms with Crippen molar-refractivity contribution < 1.29 is 14.3 Å². The molecule has 146 valence electrons. The van der Waals surface area contributed by atoms with E-state index in [2.05, 4.69) is 25.9 Å². The fraction of sp³-hybridized carbons (Fsp3) is 0.300. The Hall–Kier alpha value is -3.42. The van der Waals surface area contributed by atoms with Gasteiger partial charge in [0.2, 0.25) is 5.91 Å². The van der Waals surface area contributed by atoms with E-state index in [-0.39, 0.29) is 5.91 Å². The number of anilines is 1. The van der Waals surface area contributed by atoms with Crippen molar-refractivity contribution in [2.75, 3.05) is 19.5 Å². The van der Waals surface area contributed by atoms with Crippen molar-refractivity contribution in [3.63, 3.8) is 0 Å². The molecule has 8 heteroatoms. The second-order valence-corrected chi connectivity index (χ2v) is 6.57. The highest BCUT2D eigenvalue weighted by molar-refractivity contribution is 5.95. The standard InChI is InChI=1S/C20H23N5O3/c1-12-7-13(2)9-15(8-12)21-20(26)17(19-22-24-25-23-19)11-14-10-16(27-3)5-6-18(14)28-4/h5-10,17H,11H2,1-4H3,(H,21,26)(H,22,23,24,25)/t17-/m1/s1. The summed E-state index contributed by atoms with van der Waals surface area (Å²) < 4.78 is 10.7. The fourth-order valence-electron chi connectivity index (χ4n) is 3.16. The number of benzene rings is 2. The first-order valence-electron chi connectivity index (χ1n) is 8.83. The van der Waals surface area contributed by atoms with E-state index in [4.69, 9.17) is 9.47 Å². The summed E-state index contributed by atoms with van der Waals surface area (Å²) in [5, 5.41) is 17.0. The lowest BCUT2D eigenvalue weighted by atomic mass is 9.96. The molecule has 1 aromatic heterocycles. The number of aromatic amines is 1. The van der Waals surface area contributed by atoms with Crippen LogP contribution in [0.3, 0.4) is 0 Å². The molecule has 2 aromatic carbocycles. The highest BCUT2D eigenvalue weighted by atomic mass is 16.5. The van der Waals surface area contributed by atoms with Crippen molar-refractivity contribution in [1.29, 1.82) is 0 Å². The van der Waals surface area contributed by atoms with Gasteiger partial charge in [-0.2, -0.15) is 5.21 Å². The number of aryl methyl sites for hydroxylation is 2. The molecule has 0 fully saturated rings. The molecule has 8 nitrogen and oxygen atoms in total. The molecule has 1 amide bonds. The quantitative estimate of drug-likeness (QED) is 0.652. The van der Waals surface area contributed by atoms with Crippen molar-refractivity contribution >= 4 is 11.6 Å². The van der Waals surface area contributed by atoms with E-state index in [1.807, 2.05) is 44.2 Å². The third-order valence-corrected chi connectivity index (χ3v) is 4.39. The predicted molar refractivity (Wildman–Crippen MR) is 105 cm³/mol. The van der Waals surface area contributed by atoms with Crippen molar-refractivity contribution in [2.24, 2.45) is 0 Å². The lowest BCUT2D eigenvalue weighted by Crippen LogP contribution is -2.24. The summed E-state index contributed by atoms with van der Waals surface area (Å²) in [5.41, 5.74) is 3.68. The van der Waals surface area contributed by atoms with Gasteiger partial charge in [0.05, 0.1) is 14.2 Å². The van der Waals surface area contributed by atoms with Crippen LogP contribution in [0.4, 0.5) is 5.69 Å². The summed E-state index contributed by atoms with van der Waals surface area (Å²) in [6, 6.07) is 11.3. The van der Waals surface area contributed by atoms with Gasteiger partial charge >= 0.3 is 0 Å². The van der Waals surface area contributed by atoms with Gasteiger partial charge < -0.3 is 14.8 Å². The van der Waals surface area contributed by atoms with Gasteiger partial charge in [-0.3, -0.25) is 4.79 Å². The van der Waals surface area contributed by atoms with Crippen molar-refractivity contribution in [1.82, 2.24) is 20.6 Å². The maximum Gasteiger partial charge on any atom is 0.235 e. The first-order valence-corrected chi connectivity index (χ1v) is 8.83. The van der Waals surface area contributed by atoms with Crippen LogP contribution in [0.25, 0.3) is 0 Å². The molecule has 0 aliphatic heterocycles. The van der Waals surface area contributed by atoms with Crippen LogP contribution in [-0.2, 0) is 11.2 Å². The number of tetrazole rings is 1. The molecule has 3 rings (SSSR count). The fourth-order valence-corrected chi connectivity index (χ4v) is 3.16. The van der Waals surface area contributed by atoms with Gasteiger partial charge in [-0.25, -0.2) is 0 Å². The molecule has 2 N–H and O–H groups in total. The maximum atomic E-state index is 13.1. The zero-order valence-corrected chi connectivity index (χ0v) is 16.3. The molecule has 1 heterocycles. The minimum Gasteiger partial charge on any atom is -0.497 e. The number of carbonyl (C=O) groups is 1. The lowest BCUT2D eigenvalue weighted by Gasteiger charge is -2.17. The van der Waals surface area contributed by atoms with Gasteiger partial charge in [-0.1, -0.05) is 11.3 Å². The van der Waals surface area contributed by atoms with Gasteiger partial charge in [0.25, 0.3) is 0 Å². The van der Waals surface area contributed by atoms with Crippen molar-refractivity contribution in [2.45, 2.75) is 26.2 Å². The first-order chi connectivity index (χ1) is 13.5. The van der Waals surface area contributed by atoms with E-state index in [9.17, 15) is 4.79 Å². The Morgan fingerprint density at radius 3 is 2.46 bits per heavy atom. The third kappa shape index (κ3) is 4.46. The highest BCUT2D eigenvalue weighted by Gasteiger charge is 2.27. The maximum absolute atomic E-state index is 13.1. The number of ether oxygens (including phenoxy) is 2. The number of hydrogen-bond donors (Lipinski definition) is 2. The number of nitrogens with one attached hydrogen (secondary N) is 2. The number of aromatic nitrogens is 4. The van der Waals surface area contributed by atoms with E-state index in [1.165, 1.54) is 0 Å². The largest absolute Gasteiger partial charge is 0.497 e. The zero-order valence-electron chi connectivity index (χ0n) is 16.3. The minimum atomic E-state index is -0.652. The molecule has 1 atom stereocenters. The molecular formula is C20H23N5O3. The van der Waals surface area contributed by atoms with Crippen LogP contribution in [0.15, 0.2) is 36.4 Å². The third-order valence-electron chi connectivity index (χ3n) is 4.39. The number of nitrogens with zero attached hydrogens (tertiary/aromatic N) is 3. The Bertz CT molecular complexity index is 936. The summed E-state index contributed by atoms with van der Waals surface area (Å²) in [6.07, 6.45) is 0.330. The molecule has 28 heavy (non-hydrogen) atoms. The van der Waals surface area contributed by atoms with E-state index in [1.54, 1.807) is 20.3 Å². The van der Waals surface area contributed by atoms with Crippen LogP contribution in [0.2, 0.25) is 0 Å². The Labute approximate surface area is 163 Å². The first kappa shape index (κ1) is 19.3. The summed E-state index contributed by atoms with van der Waals surface area (Å²) in [4.78, 5) is 13.1. The second-order valence-electron chi connectivity index (χ2n) is 6.57. The summed E-state index contributed by atoms with van der Waals surface area (Å²) in [5.74, 6) is 0.773. The smallest absolute Gasteiger partial charge is 0.235 e. The van der Waals surface area contributed by atoms with Gasteiger partial charge in [0.1, 0.15) is 17.4 Å². The molecular weight excluding hydrogens is 358 g/mol. The van der Waals surface area contributed by atoms with Crippen molar-refractivity contribution in [3.8, 4) is 11.5 Å². The molecule has 0 saturated heterocycles. The van der Waals surface area contributed by atoms with Gasteiger partial charge in [-0.05, 0) is 67.3 Å². The van der Waals surface area contributed by atoms with Crippen LogP contribution >= 0.6 is 0 Å². The number of rotatable bonds is 7. The summed E-state index contributed by atoms with van der Waals surface area (Å²) in [6.45, 7) is 3.97. The number of carbonyl (C=O) groups excluding carboxylic acids is 1. The van der Waals surface area contributed by atoms with Crippen LogP contribution in [0, 0.1) is 13.8 Å². The average Bonchev–Trinajstić information content (AvgIpc) is 3.19. The predicted octanol–water partition coefficient (Wildman–Crippen LogP) is 2.80. The Morgan fingerprint density at radius 1 is 1.11 bits per heavy atom. The van der Waals surface area contributed by atoms with Gasteiger partial charge in [0.15, 0.2) is 5.82 Å². The SMILES string of the molecule is COc1ccc(OC)c(C[C@@H](C(=O)Nc2cc(C)cc(C)c2)c2nn[nH]n2)c1. The molecule has 0 aliphatic carbocycles. The molecule has 0 aliphatic rings. The Kier molecular flexibility index (Phi) is 5.88. The van der Waals surface area contributed by atoms with E-state index >= 15 is 0 Å². The zero-order chi connectivity index (χ0) is 20.1. The number of H-pyrrole nitrogens is 1. The van der Waals surface area contributed by atoms with Gasteiger partial charge in [-0.15, -0.1) is 10.2 Å². The molecule has 0 spiro atoms. The minimum absolute atomic E-state index is 0.226. The van der Waals surface area contributed by atoms with Crippen molar-refractivity contribution in [3.05, 3.63) is 58.9 Å². The lowest BCUT2D eigenvalue weighted by molar-refractivity contribution is -0.117. The number of hydrogen-bond acceptors (Lipinski definition) is 6. The van der Waals surface area contributed by atoms with Crippen LogP contribution < -0.4 is 14.8 Å². The topological polar surface area (TPSA) is 102 Å². The molecule has 0 bridgehead atoms. The highest BCUT2D eigenvalue weighted by Crippen LogP contribution is 2.29. The van der Waals surface area contributed by atoms with Crippen LogP contribution in [0.1, 0.15) is 28.4 Å². The van der Waals surface area contributed by atoms with E-state index in [0.29, 0.717) is 23.7 Å². The average molecular weight is 381 g/mol. The monoisotopic (exact) mass is 381 g/mol. The molecule has 0 saturated carbocycles. The summed E-state index contributed by atoms with van der Waals surface area (Å²) >= 11 is 0. The molecule has 0 unspecified atom stereocenters. The summed E-state index contributed by atoms with van der Waals surface area (Å²) in [7, 11) is 3.18. The van der Waals surface area contributed by atoms with Crippen LogP contribution in [-0.4, -0.2) is 40.8 Å². The number of methoxy groups -OCH3 is 2. The molecule has 0 radical (unpaired) electrons. The number of amides is 1. The van der Waals surface area contributed by atoms with Crippen LogP contribution in [0.5, 0.6) is 11.5 Å². The van der Waals surface area contributed by atoms with E-state index in [0.717, 1.165) is 22.4 Å². The van der Waals surface area contributed by atoms with Gasteiger partial charge in [0, 0.05) is 5.69 Å². The Morgan fingerprint density at radius 2 is 1.86 bits per heavy atom. The Balaban J connectivity index is 1.91.